The second-order valence-electron chi connectivity index (χ2n) is 5.47. The van der Waals surface area contributed by atoms with Crippen LogP contribution in [-0.4, -0.2) is 38.9 Å². The molecule has 0 aliphatic carbocycles. The van der Waals surface area contributed by atoms with E-state index in [9.17, 15) is 8.42 Å². The zero-order valence-electron chi connectivity index (χ0n) is 10.5. The van der Waals surface area contributed by atoms with Crippen molar-refractivity contribution in [2.24, 2.45) is 5.41 Å². The maximum atomic E-state index is 12.5. The minimum absolute atomic E-state index is 0.204. The van der Waals surface area contributed by atoms with Crippen molar-refractivity contribution in [1.82, 2.24) is 9.62 Å². The van der Waals surface area contributed by atoms with Crippen LogP contribution in [0, 0.1) is 12.3 Å². The Labute approximate surface area is 108 Å². The van der Waals surface area contributed by atoms with Crippen molar-refractivity contribution in [1.29, 1.82) is 0 Å². The number of aryl methyl sites for hydroxylation is 1. The largest absolute Gasteiger partial charge is 0.316 e. The highest BCUT2D eigenvalue weighted by molar-refractivity contribution is 7.89. The second kappa shape index (κ2) is 4.05. The van der Waals surface area contributed by atoms with Crippen molar-refractivity contribution in [3.8, 4) is 0 Å². The van der Waals surface area contributed by atoms with Gasteiger partial charge in [0.1, 0.15) is 0 Å². The number of sulfonamides is 1. The molecule has 1 N–H and O–H groups in total. The number of nitrogens with one attached hydrogen (secondary N) is 1. The van der Waals surface area contributed by atoms with Gasteiger partial charge in [-0.1, -0.05) is 18.2 Å². The summed E-state index contributed by atoms with van der Waals surface area (Å²) in [5.41, 5.74) is 1.03. The van der Waals surface area contributed by atoms with Gasteiger partial charge in [0, 0.05) is 25.0 Å². The average Bonchev–Trinajstić information content (AvgIpc) is 2.76. The van der Waals surface area contributed by atoms with E-state index in [1.165, 1.54) is 0 Å². The van der Waals surface area contributed by atoms with Crippen LogP contribution in [0.1, 0.15) is 12.0 Å². The molecule has 0 unspecified atom stereocenters. The molecular formula is C13H18N2O2S. The summed E-state index contributed by atoms with van der Waals surface area (Å²) in [6.45, 7) is 5.14. The average molecular weight is 266 g/mol. The molecule has 0 radical (unpaired) electrons. The van der Waals surface area contributed by atoms with E-state index in [2.05, 4.69) is 5.32 Å². The topological polar surface area (TPSA) is 49.4 Å². The van der Waals surface area contributed by atoms with Crippen molar-refractivity contribution in [3.05, 3.63) is 29.8 Å². The summed E-state index contributed by atoms with van der Waals surface area (Å²) in [7, 11) is -3.29. The van der Waals surface area contributed by atoms with Crippen LogP contribution in [-0.2, 0) is 10.0 Å². The molecule has 2 heterocycles. The molecule has 4 nitrogen and oxygen atoms in total. The zero-order valence-corrected chi connectivity index (χ0v) is 11.3. The SMILES string of the molecule is Cc1ccccc1S(=O)(=O)N1CC2(CCNC2)C1. The Bertz CT molecular complexity index is 554. The summed E-state index contributed by atoms with van der Waals surface area (Å²) in [5.74, 6) is 0. The van der Waals surface area contributed by atoms with Gasteiger partial charge in [-0.25, -0.2) is 8.42 Å². The molecule has 0 atom stereocenters. The van der Waals surface area contributed by atoms with Gasteiger partial charge in [-0.05, 0) is 31.5 Å². The van der Waals surface area contributed by atoms with Crippen molar-refractivity contribution < 1.29 is 8.42 Å². The highest BCUT2D eigenvalue weighted by Gasteiger charge is 2.49. The van der Waals surface area contributed by atoms with E-state index in [4.69, 9.17) is 0 Å². The maximum absolute atomic E-state index is 12.5. The van der Waals surface area contributed by atoms with Crippen LogP contribution >= 0.6 is 0 Å². The number of nitrogens with zero attached hydrogens (tertiary/aromatic N) is 1. The van der Waals surface area contributed by atoms with E-state index >= 15 is 0 Å². The fraction of sp³-hybridized carbons (Fsp3) is 0.538. The highest BCUT2D eigenvalue weighted by atomic mass is 32.2. The van der Waals surface area contributed by atoms with Crippen molar-refractivity contribution >= 4 is 10.0 Å². The third-order valence-corrected chi connectivity index (χ3v) is 6.02. The van der Waals surface area contributed by atoms with Gasteiger partial charge in [0.2, 0.25) is 10.0 Å². The number of hydrogen-bond donors (Lipinski definition) is 1. The standard InChI is InChI=1S/C13H18N2O2S/c1-11-4-2-3-5-12(11)18(16,17)15-9-13(10-15)6-7-14-8-13/h2-5,14H,6-10H2,1H3. The van der Waals surface area contributed by atoms with E-state index in [0.717, 1.165) is 25.1 Å². The minimum Gasteiger partial charge on any atom is -0.316 e. The molecule has 2 aliphatic heterocycles. The summed E-state index contributed by atoms with van der Waals surface area (Å²) >= 11 is 0. The van der Waals surface area contributed by atoms with E-state index in [1.807, 2.05) is 19.1 Å². The van der Waals surface area contributed by atoms with Crippen LogP contribution in [0.25, 0.3) is 0 Å². The smallest absolute Gasteiger partial charge is 0.243 e. The van der Waals surface area contributed by atoms with E-state index in [0.29, 0.717) is 18.0 Å². The summed E-state index contributed by atoms with van der Waals surface area (Å²) in [6, 6.07) is 7.20. The molecule has 2 saturated heterocycles. The molecule has 2 aliphatic rings. The number of rotatable bonds is 2. The zero-order chi connectivity index (χ0) is 12.8. The van der Waals surface area contributed by atoms with Crippen LogP contribution in [0.4, 0.5) is 0 Å². The summed E-state index contributed by atoms with van der Waals surface area (Å²) in [5, 5.41) is 3.32. The van der Waals surface area contributed by atoms with Crippen molar-refractivity contribution in [2.45, 2.75) is 18.2 Å². The van der Waals surface area contributed by atoms with Crippen LogP contribution in [0.2, 0.25) is 0 Å². The second-order valence-corrected chi connectivity index (χ2v) is 7.37. The summed E-state index contributed by atoms with van der Waals surface area (Å²) < 4.78 is 26.6. The maximum Gasteiger partial charge on any atom is 0.243 e. The molecule has 2 fully saturated rings. The Hall–Kier alpha value is -0.910. The van der Waals surface area contributed by atoms with Gasteiger partial charge in [-0.3, -0.25) is 0 Å². The van der Waals surface area contributed by atoms with E-state index < -0.39 is 10.0 Å². The first-order valence-electron chi connectivity index (χ1n) is 6.30. The van der Waals surface area contributed by atoms with Gasteiger partial charge in [0.05, 0.1) is 4.90 Å². The Morgan fingerprint density at radius 1 is 1.28 bits per heavy atom. The fourth-order valence-corrected chi connectivity index (χ4v) is 4.81. The van der Waals surface area contributed by atoms with Crippen molar-refractivity contribution in [3.63, 3.8) is 0 Å². The molecule has 0 aromatic heterocycles. The lowest BCUT2D eigenvalue weighted by Gasteiger charge is -2.46. The molecule has 1 aromatic rings. The van der Waals surface area contributed by atoms with Crippen LogP contribution in [0.5, 0.6) is 0 Å². The number of hydrogen-bond acceptors (Lipinski definition) is 3. The lowest BCUT2D eigenvalue weighted by molar-refractivity contribution is 0.0917. The van der Waals surface area contributed by atoms with Gasteiger partial charge >= 0.3 is 0 Å². The number of benzene rings is 1. The molecule has 0 amide bonds. The van der Waals surface area contributed by atoms with Crippen LogP contribution < -0.4 is 5.32 Å². The lowest BCUT2D eigenvalue weighted by Crippen LogP contribution is -2.59. The van der Waals surface area contributed by atoms with Crippen LogP contribution in [0.3, 0.4) is 0 Å². The van der Waals surface area contributed by atoms with Gasteiger partial charge in [0.15, 0.2) is 0 Å². The van der Waals surface area contributed by atoms with Gasteiger partial charge in [-0.15, -0.1) is 0 Å². The predicted molar refractivity (Wildman–Crippen MR) is 69.9 cm³/mol. The summed E-state index contributed by atoms with van der Waals surface area (Å²) in [4.78, 5) is 0.450. The Kier molecular flexibility index (Phi) is 2.73. The monoisotopic (exact) mass is 266 g/mol. The molecule has 3 rings (SSSR count). The summed E-state index contributed by atoms with van der Waals surface area (Å²) in [6.07, 6.45) is 1.09. The molecule has 1 aromatic carbocycles. The Morgan fingerprint density at radius 3 is 2.61 bits per heavy atom. The molecule has 98 valence electrons. The quantitative estimate of drug-likeness (QED) is 0.868. The van der Waals surface area contributed by atoms with E-state index in [1.54, 1.807) is 16.4 Å². The first-order chi connectivity index (χ1) is 8.54. The Morgan fingerprint density at radius 2 is 2.00 bits per heavy atom. The third kappa shape index (κ3) is 1.77. The van der Waals surface area contributed by atoms with Gasteiger partial charge in [-0.2, -0.15) is 4.31 Å². The van der Waals surface area contributed by atoms with E-state index in [-0.39, 0.29) is 5.41 Å². The predicted octanol–water partition coefficient (Wildman–Crippen LogP) is 0.979. The minimum atomic E-state index is -3.29. The fourth-order valence-electron chi connectivity index (χ4n) is 2.92. The molecule has 18 heavy (non-hydrogen) atoms. The molecule has 1 spiro atoms. The first-order valence-corrected chi connectivity index (χ1v) is 7.74. The van der Waals surface area contributed by atoms with Crippen molar-refractivity contribution in [2.75, 3.05) is 26.2 Å². The third-order valence-electron chi connectivity index (χ3n) is 4.07. The Balaban J connectivity index is 1.83. The molecule has 0 saturated carbocycles. The lowest BCUT2D eigenvalue weighted by atomic mass is 9.81. The molecule has 5 heteroatoms. The highest BCUT2D eigenvalue weighted by Crippen LogP contribution is 2.39. The molecule has 0 bridgehead atoms. The van der Waals surface area contributed by atoms with Gasteiger partial charge < -0.3 is 5.32 Å². The first kappa shape index (κ1) is 12.1. The molecular weight excluding hydrogens is 248 g/mol. The normalized spacial score (nSPS) is 23.2. The van der Waals surface area contributed by atoms with Crippen LogP contribution in [0.15, 0.2) is 29.2 Å². The van der Waals surface area contributed by atoms with Gasteiger partial charge in [0.25, 0.3) is 0 Å².